The third-order valence-electron chi connectivity index (χ3n) is 2.09. The third-order valence-corrected chi connectivity index (χ3v) is 2.09. The molecule has 0 atom stereocenters. The van der Waals surface area contributed by atoms with Gasteiger partial charge in [-0.3, -0.25) is 0 Å². The molecule has 0 saturated heterocycles. The Hall–Kier alpha value is -0.970. The van der Waals surface area contributed by atoms with E-state index in [1.54, 1.807) is 0 Å². The maximum atomic E-state index is 10.5. The van der Waals surface area contributed by atoms with E-state index >= 15 is 0 Å². The molecule has 0 aromatic carbocycles. The van der Waals surface area contributed by atoms with Crippen LogP contribution < -0.4 is 0 Å². The van der Waals surface area contributed by atoms with Crippen molar-refractivity contribution in [1.82, 2.24) is 0 Å². The summed E-state index contributed by atoms with van der Waals surface area (Å²) in [5.41, 5.74) is 0. The second-order valence-corrected chi connectivity index (χ2v) is 3.83. The molecule has 0 aliphatic rings. The Morgan fingerprint density at radius 3 is 1.57 bits per heavy atom. The highest BCUT2D eigenvalue weighted by molar-refractivity contribution is 5.57. The predicted octanol–water partition coefficient (Wildman–Crippen LogP) is -0.899. The summed E-state index contributed by atoms with van der Waals surface area (Å²) in [5.74, 6) is 0. The van der Waals surface area contributed by atoms with Crippen LogP contribution >= 0.6 is 0 Å². The predicted molar refractivity (Wildman–Crippen MR) is 70.3 cm³/mol. The van der Waals surface area contributed by atoms with Crippen LogP contribution in [0.1, 0.15) is 0 Å². The quantitative estimate of drug-likeness (QED) is 0.261. The van der Waals surface area contributed by atoms with Crippen molar-refractivity contribution in [3.63, 3.8) is 0 Å². The van der Waals surface area contributed by atoms with Gasteiger partial charge < -0.3 is 39.0 Å². The highest BCUT2D eigenvalue weighted by atomic mass is 16.7. The second kappa shape index (κ2) is 15.4. The first-order valence-electron chi connectivity index (χ1n) is 6.63. The van der Waals surface area contributed by atoms with Crippen molar-refractivity contribution in [2.75, 3.05) is 66.1 Å². The zero-order valence-electron chi connectivity index (χ0n) is 11.9. The molecule has 0 saturated carbocycles. The lowest BCUT2D eigenvalue weighted by atomic mass is 10.4. The number of hydrogen-bond acceptors (Lipinski definition) is 8. The molecular weight excluding hydrogens is 288 g/mol. The molecule has 0 aromatic heterocycles. The molecule has 0 aromatic rings. The van der Waals surface area contributed by atoms with Gasteiger partial charge in [-0.1, -0.05) is 0 Å². The topological polar surface area (TPSA) is 124 Å². The summed E-state index contributed by atoms with van der Waals surface area (Å²) in [4.78, 5) is 10.5. The third kappa shape index (κ3) is 15.2. The number of hydrogen-bond donors (Lipinski definition) is 3. The van der Waals surface area contributed by atoms with Crippen molar-refractivity contribution in [2.24, 2.45) is 0 Å². The fourth-order valence-electron chi connectivity index (χ4n) is 1.26. The van der Waals surface area contributed by atoms with Crippen LogP contribution in [-0.4, -0.2) is 93.6 Å². The van der Waals surface area contributed by atoms with Crippen molar-refractivity contribution in [2.45, 2.75) is 6.10 Å². The van der Waals surface area contributed by atoms with Gasteiger partial charge in [0.15, 0.2) is 6.10 Å². The first-order chi connectivity index (χ1) is 10.2. The maximum Gasteiger partial charge on any atom is 0.506 e. The zero-order chi connectivity index (χ0) is 15.8. The summed E-state index contributed by atoms with van der Waals surface area (Å²) < 4.78 is 25.0. The summed E-state index contributed by atoms with van der Waals surface area (Å²) in [6.45, 7) is 1.57. The summed E-state index contributed by atoms with van der Waals surface area (Å²) in [5, 5.41) is 25.6. The summed E-state index contributed by atoms with van der Waals surface area (Å²) in [7, 11) is 0. The van der Waals surface area contributed by atoms with E-state index in [-0.39, 0.29) is 52.9 Å². The SMILES string of the molecule is O=C(O)OC(COCCOCCO)COCCOCCO. The minimum Gasteiger partial charge on any atom is -0.450 e. The van der Waals surface area contributed by atoms with Gasteiger partial charge in [-0.15, -0.1) is 0 Å². The van der Waals surface area contributed by atoms with E-state index < -0.39 is 12.3 Å². The van der Waals surface area contributed by atoms with E-state index in [2.05, 4.69) is 4.74 Å². The zero-order valence-corrected chi connectivity index (χ0v) is 11.9. The molecule has 0 radical (unpaired) electrons. The number of aliphatic hydroxyl groups is 2. The summed E-state index contributed by atoms with van der Waals surface area (Å²) >= 11 is 0. The van der Waals surface area contributed by atoms with E-state index in [0.717, 1.165) is 0 Å². The van der Waals surface area contributed by atoms with Gasteiger partial charge in [0.1, 0.15) is 0 Å². The van der Waals surface area contributed by atoms with Gasteiger partial charge in [-0.05, 0) is 0 Å². The summed E-state index contributed by atoms with van der Waals surface area (Å²) in [6.07, 6.45) is -2.14. The highest BCUT2D eigenvalue weighted by Crippen LogP contribution is 1.97. The van der Waals surface area contributed by atoms with Crippen LogP contribution in [0.25, 0.3) is 0 Å². The Bertz CT molecular complexity index is 221. The number of carboxylic acid groups (broad SMARTS) is 1. The molecule has 3 N–H and O–H groups in total. The van der Waals surface area contributed by atoms with Gasteiger partial charge >= 0.3 is 6.16 Å². The Balaban J connectivity index is 3.64. The van der Waals surface area contributed by atoms with Gasteiger partial charge in [0.2, 0.25) is 0 Å². The van der Waals surface area contributed by atoms with Gasteiger partial charge in [-0.2, -0.15) is 0 Å². The Morgan fingerprint density at radius 1 is 0.762 bits per heavy atom. The van der Waals surface area contributed by atoms with Gasteiger partial charge in [-0.25, -0.2) is 4.79 Å². The number of ether oxygens (including phenoxy) is 5. The van der Waals surface area contributed by atoms with Crippen LogP contribution in [0.5, 0.6) is 0 Å². The van der Waals surface area contributed by atoms with Crippen molar-refractivity contribution < 1.29 is 43.8 Å². The van der Waals surface area contributed by atoms with E-state index in [4.69, 9.17) is 34.3 Å². The van der Waals surface area contributed by atoms with Crippen LogP contribution in [0.15, 0.2) is 0 Å². The lowest BCUT2D eigenvalue weighted by Crippen LogP contribution is -2.29. The molecule has 0 amide bonds. The summed E-state index contributed by atoms with van der Waals surface area (Å²) in [6, 6.07) is 0. The number of rotatable bonds is 15. The number of aliphatic hydroxyl groups excluding tert-OH is 2. The van der Waals surface area contributed by atoms with Crippen molar-refractivity contribution in [3.05, 3.63) is 0 Å². The van der Waals surface area contributed by atoms with Crippen LogP contribution in [0.4, 0.5) is 4.79 Å². The Kier molecular flexibility index (Phi) is 14.7. The molecule has 9 heteroatoms. The standard InChI is InChI=1S/C12H24O9/c13-1-3-17-5-7-19-9-11(21-12(15)16)10-20-8-6-18-4-2-14/h11,13-14H,1-10H2,(H,15,16). The molecule has 0 bridgehead atoms. The lowest BCUT2D eigenvalue weighted by molar-refractivity contribution is -0.0591. The highest BCUT2D eigenvalue weighted by Gasteiger charge is 2.14. The maximum absolute atomic E-state index is 10.5. The average molecular weight is 312 g/mol. The first-order valence-corrected chi connectivity index (χ1v) is 6.63. The van der Waals surface area contributed by atoms with Crippen molar-refractivity contribution >= 4 is 6.16 Å². The fraction of sp³-hybridized carbons (Fsp3) is 0.917. The molecule has 0 aliphatic carbocycles. The van der Waals surface area contributed by atoms with Gasteiger partial charge in [0.25, 0.3) is 0 Å². The van der Waals surface area contributed by atoms with Gasteiger partial charge in [0, 0.05) is 0 Å². The van der Waals surface area contributed by atoms with E-state index in [9.17, 15) is 4.79 Å². The molecule has 0 aliphatic heterocycles. The van der Waals surface area contributed by atoms with Crippen molar-refractivity contribution in [3.8, 4) is 0 Å². The van der Waals surface area contributed by atoms with Crippen molar-refractivity contribution in [1.29, 1.82) is 0 Å². The van der Waals surface area contributed by atoms with E-state index in [0.29, 0.717) is 13.2 Å². The van der Waals surface area contributed by atoms with Crippen LogP contribution in [0.3, 0.4) is 0 Å². The average Bonchev–Trinajstić information content (AvgIpc) is 2.45. The molecule has 0 rings (SSSR count). The Morgan fingerprint density at radius 2 is 1.19 bits per heavy atom. The van der Waals surface area contributed by atoms with Crippen LogP contribution in [-0.2, 0) is 23.7 Å². The molecule has 0 unspecified atom stereocenters. The minimum absolute atomic E-state index is 0.0479. The minimum atomic E-state index is -1.40. The normalized spacial score (nSPS) is 11.0. The molecule has 126 valence electrons. The fourth-order valence-corrected chi connectivity index (χ4v) is 1.26. The second-order valence-electron chi connectivity index (χ2n) is 3.83. The van der Waals surface area contributed by atoms with Gasteiger partial charge in [0.05, 0.1) is 66.1 Å². The number of carbonyl (C=O) groups is 1. The molecule has 0 fully saturated rings. The van der Waals surface area contributed by atoms with Crippen LogP contribution in [0, 0.1) is 0 Å². The lowest BCUT2D eigenvalue weighted by Gasteiger charge is -2.16. The molecule has 9 nitrogen and oxygen atoms in total. The largest absolute Gasteiger partial charge is 0.506 e. The monoisotopic (exact) mass is 312 g/mol. The van der Waals surface area contributed by atoms with E-state index in [1.807, 2.05) is 0 Å². The Labute approximate surface area is 123 Å². The first kappa shape index (κ1) is 20.0. The smallest absolute Gasteiger partial charge is 0.450 e. The van der Waals surface area contributed by atoms with E-state index in [1.165, 1.54) is 0 Å². The molecular formula is C12H24O9. The van der Waals surface area contributed by atoms with Crippen LogP contribution in [0.2, 0.25) is 0 Å². The molecule has 21 heavy (non-hydrogen) atoms. The molecule has 0 heterocycles. The molecule has 0 spiro atoms.